The van der Waals surface area contributed by atoms with E-state index in [2.05, 4.69) is 34.6 Å². The number of nitrogens with zero attached hydrogens (tertiary/aromatic N) is 2. The molecule has 0 atom stereocenters. The molecule has 110 valence electrons. The first-order valence-electron chi connectivity index (χ1n) is 5.00. The van der Waals surface area contributed by atoms with E-state index in [1.807, 2.05) is 18.2 Å². The van der Waals surface area contributed by atoms with Crippen molar-refractivity contribution in [1.82, 2.24) is 9.88 Å². The van der Waals surface area contributed by atoms with E-state index >= 15 is 0 Å². The van der Waals surface area contributed by atoms with Crippen LogP contribution in [-0.2, 0) is 43.2 Å². The van der Waals surface area contributed by atoms with Crippen LogP contribution in [0.15, 0.2) is 30.6 Å². The molecule has 0 unspecified atom stereocenters. The number of rotatable bonds is 3. The third-order valence-electron chi connectivity index (χ3n) is 1.55. The minimum atomic E-state index is -0.304. The van der Waals surface area contributed by atoms with Crippen molar-refractivity contribution in [1.29, 1.82) is 0 Å². The third kappa shape index (κ3) is 15.7. The fourth-order valence-electron chi connectivity index (χ4n) is 0.777. The van der Waals surface area contributed by atoms with Gasteiger partial charge in [0.1, 0.15) is 6.54 Å². The van der Waals surface area contributed by atoms with Gasteiger partial charge in [0, 0.05) is 19.4 Å². The summed E-state index contributed by atoms with van der Waals surface area (Å²) in [5.41, 5.74) is 0. The minimum Gasteiger partial charge on any atom is -1.00 e. The van der Waals surface area contributed by atoms with E-state index in [9.17, 15) is 4.79 Å². The monoisotopic (exact) mass is 501 g/mol. The molecule has 0 aromatic carbocycles. The number of likely N-dealkylation sites (N-methyl/N-ethyl adjacent to an activating group) is 1. The van der Waals surface area contributed by atoms with E-state index in [0.717, 1.165) is 0 Å². The summed E-state index contributed by atoms with van der Waals surface area (Å²) in [6, 6.07) is 5.72. The summed E-state index contributed by atoms with van der Waals surface area (Å²) in [6.07, 6.45) is 3.50. The van der Waals surface area contributed by atoms with Crippen molar-refractivity contribution in [2.24, 2.45) is 0 Å². The van der Waals surface area contributed by atoms with Gasteiger partial charge in [0.05, 0.1) is 6.61 Å². The van der Waals surface area contributed by atoms with E-state index < -0.39 is 0 Å². The van der Waals surface area contributed by atoms with Gasteiger partial charge in [0.15, 0.2) is 0 Å². The van der Waals surface area contributed by atoms with Crippen LogP contribution in [0.4, 0.5) is 0 Å². The standard InChI is InChI=1S/C6H11NO2S2.C5H5N.ClH.Pt/c1-3-9-5(8)4-7(2)6(10)11;1-2-4-6-5-3-1;;/h3-4H2,1-2H3,(H,10,11);1-5H;1H;/q;;;+2/p-2. The molecule has 0 aliphatic rings. The number of thiocarbonyl (C=S) groups is 1. The fourth-order valence-corrected chi connectivity index (χ4v) is 0.907. The van der Waals surface area contributed by atoms with Gasteiger partial charge in [0.2, 0.25) is 0 Å². The summed E-state index contributed by atoms with van der Waals surface area (Å²) in [6.45, 7) is 2.27. The molecule has 1 heterocycles. The van der Waals surface area contributed by atoms with Gasteiger partial charge in [-0.2, -0.15) is 0 Å². The quantitative estimate of drug-likeness (QED) is 0.282. The Labute approximate surface area is 145 Å². The van der Waals surface area contributed by atoms with Gasteiger partial charge in [-0.15, -0.1) is 0 Å². The zero-order chi connectivity index (χ0) is 13.1. The summed E-state index contributed by atoms with van der Waals surface area (Å²) in [5.74, 6) is -0.304. The molecule has 1 aromatic rings. The maximum Gasteiger partial charge on any atom is 2.00 e. The van der Waals surface area contributed by atoms with Crippen molar-refractivity contribution >= 4 is 35.1 Å². The fraction of sp³-hybridized carbons (Fsp3) is 0.364. The summed E-state index contributed by atoms with van der Waals surface area (Å²) < 4.78 is 4.95. The SMILES string of the molecule is CCOC(=O)CN(C)C(=S)[S-].[Cl-].[Pt+2].c1ccncc1. The molecule has 0 saturated heterocycles. The van der Waals surface area contributed by atoms with Crippen molar-refractivity contribution in [3.8, 4) is 0 Å². The van der Waals surface area contributed by atoms with Crippen LogP contribution in [0, 0.1) is 0 Å². The molecule has 0 amide bonds. The van der Waals surface area contributed by atoms with E-state index in [1.54, 1.807) is 26.4 Å². The number of carbonyl (C=O) groups is 1. The van der Waals surface area contributed by atoms with Gasteiger partial charge in [-0.3, -0.25) is 9.78 Å². The number of aromatic nitrogens is 1. The molecule has 0 fully saturated rings. The van der Waals surface area contributed by atoms with Crippen molar-refractivity contribution in [3.63, 3.8) is 0 Å². The van der Waals surface area contributed by atoms with Crippen LogP contribution in [0.1, 0.15) is 6.92 Å². The van der Waals surface area contributed by atoms with Gasteiger partial charge in [-0.05, 0) is 19.1 Å². The predicted molar refractivity (Wildman–Crippen MR) is 73.5 cm³/mol. The van der Waals surface area contributed by atoms with Gasteiger partial charge in [-0.25, -0.2) is 0 Å². The Bertz CT molecular complexity index is 318. The van der Waals surface area contributed by atoms with Crippen LogP contribution in [0.25, 0.3) is 0 Å². The van der Waals surface area contributed by atoms with Crippen molar-refractivity contribution in [2.75, 3.05) is 20.2 Å². The minimum absolute atomic E-state index is 0. The number of esters is 1. The number of halogens is 1. The number of hydrogen-bond donors (Lipinski definition) is 0. The topological polar surface area (TPSA) is 42.4 Å². The van der Waals surface area contributed by atoms with Crippen LogP contribution >= 0.6 is 12.2 Å². The van der Waals surface area contributed by atoms with Crippen LogP contribution in [0.2, 0.25) is 0 Å². The van der Waals surface area contributed by atoms with E-state index in [0.29, 0.717) is 6.61 Å². The molecule has 0 N–H and O–H groups in total. The third-order valence-corrected chi connectivity index (χ3v) is 2.17. The number of pyridine rings is 1. The average Bonchev–Trinajstić information content (AvgIpc) is 2.32. The maximum absolute atomic E-state index is 10.8. The Morgan fingerprint density at radius 1 is 1.37 bits per heavy atom. The first-order valence-corrected chi connectivity index (χ1v) is 5.82. The first kappa shape index (κ1) is 23.8. The Hall–Kier alpha value is -0.292. The molecule has 0 aliphatic heterocycles. The van der Waals surface area contributed by atoms with Gasteiger partial charge in [-0.1, -0.05) is 10.4 Å². The van der Waals surface area contributed by atoms with Gasteiger partial charge < -0.3 is 46.9 Å². The smallest absolute Gasteiger partial charge is 1.00 e. The van der Waals surface area contributed by atoms with Crippen molar-refractivity contribution < 1.29 is 43.0 Å². The molecule has 0 bridgehead atoms. The van der Waals surface area contributed by atoms with Crippen LogP contribution in [0.5, 0.6) is 0 Å². The first-order chi connectivity index (χ1) is 8.07. The van der Waals surface area contributed by atoms with Crippen LogP contribution < -0.4 is 12.4 Å². The zero-order valence-electron chi connectivity index (χ0n) is 10.5. The van der Waals surface area contributed by atoms with Crippen LogP contribution in [-0.4, -0.2) is 40.4 Å². The summed E-state index contributed by atoms with van der Waals surface area (Å²) >= 11 is 9.31. The average molecular weight is 502 g/mol. The van der Waals surface area contributed by atoms with Crippen LogP contribution in [0.3, 0.4) is 0 Å². The second kappa shape index (κ2) is 15.8. The molecule has 4 nitrogen and oxygen atoms in total. The predicted octanol–water partition coefficient (Wildman–Crippen LogP) is -1.60. The molecule has 0 radical (unpaired) electrons. The largest absolute Gasteiger partial charge is 2.00 e. The number of hydrogen-bond acceptors (Lipinski definition) is 5. The Balaban J connectivity index is -0.000000274. The number of ether oxygens (including phenoxy) is 1. The Morgan fingerprint density at radius 3 is 2.16 bits per heavy atom. The number of carbonyl (C=O) groups excluding carboxylic acids is 1. The maximum atomic E-state index is 10.8. The normalized spacial score (nSPS) is 7.68. The molecule has 0 aliphatic carbocycles. The molecule has 1 aromatic heterocycles. The molecule has 8 heteroatoms. The molecule has 0 spiro atoms. The zero-order valence-corrected chi connectivity index (χ0v) is 15.2. The molecule has 19 heavy (non-hydrogen) atoms. The summed E-state index contributed by atoms with van der Waals surface area (Å²) in [5, 5.41) is 0. The second-order valence-corrected chi connectivity index (χ2v) is 3.98. The van der Waals surface area contributed by atoms with E-state index in [1.165, 1.54) is 4.90 Å². The second-order valence-electron chi connectivity index (χ2n) is 2.95. The van der Waals surface area contributed by atoms with Gasteiger partial charge >= 0.3 is 27.0 Å². The Kier molecular flexibility index (Phi) is 19.7. The summed E-state index contributed by atoms with van der Waals surface area (Å²) in [4.78, 5) is 16.1. The summed E-state index contributed by atoms with van der Waals surface area (Å²) in [7, 11) is 1.66. The van der Waals surface area contributed by atoms with Crippen molar-refractivity contribution in [3.05, 3.63) is 30.6 Å². The van der Waals surface area contributed by atoms with E-state index in [-0.39, 0.29) is 50.3 Å². The Morgan fingerprint density at radius 2 is 1.89 bits per heavy atom. The van der Waals surface area contributed by atoms with E-state index in [4.69, 9.17) is 0 Å². The van der Waals surface area contributed by atoms with Crippen molar-refractivity contribution in [2.45, 2.75) is 6.92 Å². The van der Waals surface area contributed by atoms with Gasteiger partial charge in [0.25, 0.3) is 0 Å². The molecular formula is C11H15ClN2O2PtS2. The molecule has 1 rings (SSSR count). The molecule has 0 saturated carbocycles. The molecular weight excluding hydrogens is 487 g/mol.